The van der Waals surface area contributed by atoms with Gasteiger partial charge in [0.25, 0.3) is 0 Å². The molecule has 11 heteroatoms. The molecule has 10 nitrogen and oxygen atoms in total. The Morgan fingerprint density at radius 3 is 2.63 bits per heavy atom. The summed E-state index contributed by atoms with van der Waals surface area (Å²) < 4.78 is 0.368. The number of nitrogens with one attached hydrogen (secondary N) is 2. The van der Waals surface area contributed by atoms with E-state index in [4.69, 9.17) is 0 Å². The van der Waals surface area contributed by atoms with E-state index in [9.17, 15) is 19.5 Å². The maximum absolute atomic E-state index is 14.0. The number of aromatic nitrogens is 3. The zero-order chi connectivity index (χ0) is 26.7. The number of benzene rings is 2. The number of aliphatic hydroxyl groups is 1. The maximum atomic E-state index is 14.0. The van der Waals surface area contributed by atoms with Crippen molar-refractivity contribution in [3.05, 3.63) is 54.6 Å². The summed E-state index contributed by atoms with van der Waals surface area (Å²) in [5.41, 5.74) is 2.17. The van der Waals surface area contributed by atoms with Gasteiger partial charge in [0.05, 0.1) is 34.7 Å². The number of para-hydroxylation sites is 2. The number of hydrogen-bond acceptors (Lipinski definition) is 7. The highest BCUT2D eigenvalue weighted by Gasteiger charge is 2.77. The number of hydrogen-bond donors (Lipinski definition) is 3. The van der Waals surface area contributed by atoms with Crippen LogP contribution in [0.15, 0.2) is 54.6 Å². The number of carbonyl (C=O) groups is 3. The topological polar surface area (TPSA) is 129 Å². The van der Waals surface area contributed by atoms with Crippen molar-refractivity contribution in [3.8, 4) is 0 Å². The van der Waals surface area contributed by atoms with Gasteiger partial charge >= 0.3 is 0 Å². The van der Waals surface area contributed by atoms with Gasteiger partial charge in [-0.25, -0.2) is 4.68 Å². The number of fused-ring (bicyclic) bond motifs is 2. The minimum Gasteiger partial charge on any atom is -0.394 e. The smallest absolute Gasteiger partial charge is 0.245 e. The molecule has 3 aromatic rings. The molecular weight excluding hydrogens is 504 g/mol. The van der Waals surface area contributed by atoms with Crippen LogP contribution in [0.3, 0.4) is 0 Å². The van der Waals surface area contributed by atoms with Crippen molar-refractivity contribution in [1.82, 2.24) is 25.2 Å². The first-order valence-corrected chi connectivity index (χ1v) is 13.7. The summed E-state index contributed by atoms with van der Waals surface area (Å²) >= 11 is 1.60. The number of carbonyl (C=O) groups excluding carboxylic acids is 3. The second-order valence-corrected chi connectivity index (χ2v) is 12.5. The number of anilines is 1. The molecule has 2 unspecified atom stereocenters. The molecule has 3 amide bonds. The molecule has 0 saturated carbocycles. The number of thioether (sulfide) groups is 1. The predicted molar refractivity (Wildman–Crippen MR) is 143 cm³/mol. The molecular formula is C27H30N6O4S. The molecule has 0 radical (unpaired) electrons. The summed E-state index contributed by atoms with van der Waals surface area (Å²) in [5, 5.41) is 24.3. The fourth-order valence-electron chi connectivity index (χ4n) is 6.65. The zero-order valence-corrected chi connectivity index (χ0v) is 22.0. The van der Waals surface area contributed by atoms with Gasteiger partial charge in [0.1, 0.15) is 18.2 Å². The summed E-state index contributed by atoms with van der Waals surface area (Å²) in [4.78, 5) is 43.1. The highest BCUT2D eigenvalue weighted by molar-refractivity contribution is 8.02. The Balaban J connectivity index is 1.32. The van der Waals surface area contributed by atoms with E-state index < -0.39 is 33.4 Å². The molecule has 0 aliphatic carbocycles. The van der Waals surface area contributed by atoms with Crippen LogP contribution in [0.25, 0.3) is 11.0 Å². The molecule has 2 aromatic carbocycles. The molecule has 3 saturated heterocycles. The van der Waals surface area contributed by atoms with Gasteiger partial charge in [-0.3, -0.25) is 14.4 Å². The van der Waals surface area contributed by atoms with E-state index in [-0.39, 0.29) is 31.0 Å². The van der Waals surface area contributed by atoms with E-state index in [1.807, 2.05) is 61.5 Å². The third kappa shape index (κ3) is 3.63. The van der Waals surface area contributed by atoms with Crippen LogP contribution < -0.4 is 10.6 Å². The zero-order valence-electron chi connectivity index (χ0n) is 21.2. The Labute approximate surface area is 224 Å². The van der Waals surface area contributed by atoms with E-state index in [0.717, 1.165) is 11.0 Å². The normalized spacial score (nSPS) is 30.4. The lowest BCUT2D eigenvalue weighted by Gasteiger charge is -2.35. The lowest BCUT2D eigenvalue weighted by molar-refractivity contribution is -0.142. The highest BCUT2D eigenvalue weighted by atomic mass is 32.2. The molecule has 6 rings (SSSR count). The molecule has 3 aliphatic rings. The molecule has 3 aliphatic heterocycles. The van der Waals surface area contributed by atoms with Crippen LogP contribution in [0.2, 0.25) is 0 Å². The third-order valence-electron chi connectivity index (χ3n) is 8.35. The Morgan fingerprint density at radius 1 is 1.13 bits per heavy atom. The van der Waals surface area contributed by atoms with E-state index in [1.165, 1.54) is 4.90 Å². The van der Waals surface area contributed by atoms with Crippen molar-refractivity contribution < 1.29 is 19.5 Å². The van der Waals surface area contributed by atoms with Crippen LogP contribution in [0, 0.1) is 11.8 Å². The largest absolute Gasteiger partial charge is 0.394 e. The number of likely N-dealkylation sites (tertiary alicyclic amines) is 1. The average Bonchev–Trinajstić information content (AvgIpc) is 3.63. The van der Waals surface area contributed by atoms with Crippen molar-refractivity contribution in [3.63, 3.8) is 0 Å². The standard InChI is InChI=1S/C27H30N6O4S/c1-16(14-34)33-22(24(36)28-15-32-19-11-7-6-10-18(19)30-31-32)27-13-12-26(2,38-27)20(21(27)25(33)37)23(35)29-17-8-4-3-5-9-17/h3-11,16,20-22,34H,12-15H2,1-2H3,(H,28,36)(H,29,35)/t16-,20-,21+,22?,26+,27?/m1/s1. The molecule has 1 aromatic heterocycles. The van der Waals surface area contributed by atoms with Crippen molar-refractivity contribution in [2.24, 2.45) is 11.8 Å². The first-order chi connectivity index (χ1) is 18.3. The van der Waals surface area contributed by atoms with Crippen LogP contribution in [0.1, 0.15) is 26.7 Å². The number of amides is 3. The Hall–Kier alpha value is -3.44. The summed E-state index contributed by atoms with van der Waals surface area (Å²) in [7, 11) is 0. The van der Waals surface area contributed by atoms with Crippen molar-refractivity contribution in [1.29, 1.82) is 0 Å². The lowest BCUT2D eigenvalue weighted by Crippen LogP contribution is -2.56. The van der Waals surface area contributed by atoms with Crippen LogP contribution in [0.4, 0.5) is 5.69 Å². The van der Waals surface area contributed by atoms with Gasteiger partial charge in [-0.2, -0.15) is 0 Å². The minimum absolute atomic E-state index is 0.0893. The summed E-state index contributed by atoms with van der Waals surface area (Å²) in [6.45, 7) is 3.57. The molecule has 6 atom stereocenters. The first-order valence-electron chi connectivity index (χ1n) is 12.8. The molecule has 4 heterocycles. The van der Waals surface area contributed by atoms with Gasteiger partial charge < -0.3 is 20.6 Å². The maximum Gasteiger partial charge on any atom is 0.245 e. The van der Waals surface area contributed by atoms with Crippen molar-refractivity contribution in [2.45, 2.75) is 54.9 Å². The summed E-state index contributed by atoms with van der Waals surface area (Å²) in [6.07, 6.45) is 1.35. The second-order valence-electron chi connectivity index (χ2n) is 10.6. The molecule has 3 fully saturated rings. The van der Waals surface area contributed by atoms with E-state index in [0.29, 0.717) is 18.5 Å². The summed E-state index contributed by atoms with van der Waals surface area (Å²) in [5.74, 6) is -2.03. The average molecular weight is 535 g/mol. The number of aliphatic hydroxyl groups excluding tert-OH is 1. The van der Waals surface area contributed by atoms with Gasteiger partial charge in [0, 0.05) is 10.4 Å². The van der Waals surface area contributed by atoms with Gasteiger partial charge in [-0.05, 0) is 51.0 Å². The van der Waals surface area contributed by atoms with E-state index in [2.05, 4.69) is 20.9 Å². The molecule has 2 bridgehead atoms. The van der Waals surface area contributed by atoms with Gasteiger partial charge in [-0.15, -0.1) is 16.9 Å². The number of rotatable bonds is 7. The SMILES string of the molecule is C[C@H](CO)N1C(=O)[C@@H]2[C@H](C(=O)Nc3ccccc3)[C@]3(C)CCC2(S3)C1C(=O)NCn1nnc2ccccc21. The fourth-order valence-corrected chi connectivity index (χ4v) is 8.99. The molecule has 38 heavy (non-hydrogen) atoms. The molecule has 1 spiro atoms. The summed E-state index contributed by atoms with van der Waals surface area (Å²) in [6, 6.07) is 15.3. The van der Waals surface area contributed by atoms with Crippen LogP contribution in [-0.4, -0.2) is 70.9 Å². The van der Waals surface area contributed by atoms with Gasteiger partial charge in [-0.1, -0.05) is 35.5 Å². The second kappa shape index (κ2) is 9.09. The minimum atomic E-state index is -0.821. The van der Waals surface area contributed by atoms with Gasteiger partial charge in [0.15, 0.2) is 0 Å². The number of nitrogens with zero attached hydrogens (tertiary/aromatic N) is 4. The third-order valence-corrected chi connectivity index (χ3v) is 10.3. The molecule has 198 valence electrons. The highest BCUT2D eigenvalue weighted by Crippen LogP contribution is 2.71. The lowest BCUT2D eigenvalue weighted by atomic mass is 9.66. The predicted octanol–water partition coefficient (Wildman–Crippen LogP) is 2.01. The van der Waals surface area contributed by atoms with E-state index in [1.54, 1.807) is 23.4 Å². The van der Waals surface area contributed by atoms with E-state index >= 15 is 0 Å². The Morgan fingerprint density at radius 2 is 1.87 bits per heavy atom. The fraction of sp³-hybridized carbons (Fsp3) is 0.444. The quantitative estimate of drug-likeness (QED) is 0.423. The van der Waals surface area contributed by atoms with Crippen LogP contribution in [0.5, 0.6) is 0 Å². The van der Waals surface area contributed by atoms with Crippen molar-refractivity contribution >= 4 is 46.2 Å². The molecule has 3 N–H and O–H groups in total. The van der Waals surface area contributed by atoms with Crippen molar-refractivity contribution in [2.75, 3.05) is 11.9 Å². The Kier molecular flexibility index (Phi) is 5.95. The van der Waals surface area contributed by atoms with Crippen LogP contribution in [-0.2, 0) is 21.1 Å². The Bertz CT molecular complexity index is 1410. The van der Waals surface area contributed by atoms with Crippen LogP contribution >= 0.6 is 11.8 Å². The first kappa shape index (κ1) is 24.9. The monoisotopic (exact) mass is 534 g/mol. The van der Waals surface area contributed by atoms with Gasteiger partial charge in [0.2, 0.25) is 17.7 Å².